The lowest BCUT2D eigenvalue weighted by molar-refractivity contribution is -0.193. The molecule has 0 aromatic carbocycles. The number of rotatable bonds is 5. The summed E-state index contributed by atoms with van der Waals surface area (Å²) in [6.45, 7) is 5.65. The Morgan fingerprint density at radius 3 is 2.08 bits per heavy atom. The quantitative estimate of drug-likeness (QED) is 0.541. The molecule has 0 amide bonds. The SMILES string of the molecule is CN(Cc1cccnc1)C1COC2(CCN(CC3CC3)CC2)C1.O=C(O)C(F)(F)F.O=C(O)C(F)(F)F. The van der Waals surface area contributed by atoms with Crippen LogP contribution in [0.3, 0.4) is 0 Å². The number of ether oxygens (including phenoxy) is 1. The smallest absolute Gasteiger partial charge is 0.475 e. The Morgan fingerprint density at radius 2 is 1.65 bits per heavy atom. The number of carbonyl (C=O) groups is 2. The maximum absolute atomic E-state index is 10.6. The number of likely N-dealkylation sites (N-methyl/N-ethyl adjacent to an activating group) is 1. The standard InChI is InChI=1S/C19H29N3O.2C2HF3O2/c1-21(13-17-3-2-8-20-12-17)18-11-19(23-15-18)6-9-22(10-7-19)14-16-4-5-16;2*3-2(4,5)1(6)7/h2-3,8,12,16,18H,4-7,9-11,13-15H2,1H3;2*(H,6,7). The van der Waals surface area contributed by atoms with Gasteiger partial charge < -0.3 is 19.8 Å². The third-order valence-electron chi connectivity index (χ3n) is 6.43. The van der Waals surface area contributed by atoms with Crippen LogP contribution in [-0.2, 0) is 20.9 Å². The van der Waals surface area contributed by atoms with Gasteiger partial charge in [-0.25, -0.2) is 9.59 Å². The van der Waals surface area contributed by atoms with E-state index in [1.54, 1.807) is 0 Å². The maximum Gasteiger partial charge on any atom is 0.490 e. The Kier molecular flexibility index (Phi) is 10.7. The van der Waals surface area contributed by atoms with Crippen LogP contribution in [0.5, 0.6) is 0 Å². The molecule has 1 saturated carbocycles. The van der Waals surface area contributed by atoms with E-state index in [9.17, 15) is 26.3 Å². The van der Waals surface area contributed by atoms with Crippen LogP contribution in [-0.4, -0.2) is 94.2 Å². The van der Waals surface area contributed by atoms with Crippen molar-refractivity contribution in [2.24, 2.45) is 5.92 Å². The normalized spacial score (nSPS) is 21.6. The lowest BCUT2D eigenvalue weighted by Gasteiger charge is -2.39. The van der Waals surface area contributed by atoms with Gasteiger partial charge >= 0.3 is 24.3 Å². The predicted molar refractivity (Wildman–Crippen MR) is 119 cm³/mol. The van der Waals surface area contributed by atoms with E-state index in [-0.39, 0.29) is 5.60 Å². The van der Waals surface area contributed by atoms with Crippen LogP contribution in [0.2, 0.25) is 0 Å². The average Bonchev–Trinajstić information content (AvgIpc) is 3.53. The molecule has 2 saturated heterocycles. The number of nitrogens with zero attached hydrogens (tertiary/aromatic N) is 3. The second kappa shape index (κ2) is 12.9. The molecular weight excluding hydrogens is 512 g/mol. The van der Waals surface area contributed by atoms with Gasteiger partial charge in [-0.05, 0) is 56.7 Å². The molecule has 0 radical (unpaired) electrons. The van der Waals surface area contributed by atoms with Crippen LogP contribution in [0.25, 0.3) is 0 Å². The number of aliphatic carboxylic acids is 2. The summed E-state index contributed by atoms with van der Waals surface area (Å²) in [6, 6.07) is 4.72. The molecule has 1 spiro atoms. The van der Waals surface area contributed by atoms with E-state index in [4.69, 9.17) is 24.5 Å². The number of halogens is 6. The van der Waals surface area contributed by atoms with Gasteiger partial charge in [-0.1, -0.05) is 6.07 Å². The Balaban J connectivity index is 0.000000286. The molecule has 3 fully saturated rings. The van der Waals surface area contributed by atoms with E-state index < -0.39 is 24.3 Å². The first-order valence-corrected chi connectivity index (χ1v) is 11.7. The van der Waals surface area contributed by atoms with Crippen LogP contribution in [0, 0.1) is 5.92 Å². The molecule has 37 heavy (non-hydrogen) atoms. The first-order valence-electron chi connectivity index (χ1n) is 11.7. The molecular formula is C23H31F6N3O5. The van der Waals surface area contributed by atoms with Crippen molar-refractivity contribution in [1.29, 1.82) is 0 Å². The molecule has 4 rings (SSSR count). The van der Waals surface area contributed by atoms with Crippen molar-refractivity contribution in [1.82, 2.24) is 14.8 Å². The summed E-state index contributed by atoms with van der Waals surface area (Å²) in [5.41, 5.74) is 1.45. The number of pyridine rings is 1. The minimum Gasteiger partial charge on any atom is -0.475 e. The highest BCUT2D eigenvalue weighted by molar-refractivity contribution is 5.73. The number of aromatic nitrogens is 1. The molecule has 8 nitrogen and oxygen atoms in total. The van der Waals surface area contributed by atoms with Gasteiger partial charge in [0.25, 0.3) is 0 Å². The first kappa shape index (κ1) is 30.8. The molecule has 2 aliphatic heterocycles. The number of piperidine rings is 1. The maximum atomic E-state index is 10.6. The van der Waals surface area contributed by atoms with Crippen LogP contribution in [0.4, 0.5) is 26.3 Å². The lowest BCUT2D eigenvalue weighted by atomic mass is 9.87. The van der Waals surface area contributed by atoms with Crippen molar-refractivity contribution >= 4 is 11.9 Å². The molecule has 1 atom stereocenters. The van der Waals surface area contributed by atoms with Gasteiger partial charge in [-0.2, -0.15) is 26.3 Å². The number of carboxylic acids is 2. The summed E-state index contributed by atoms with van der Waals surface area (Å²) in [4.78, 5) is 27.1. The Hall–Kier alpha value is -2.45. The van der Waals surface area contributed by atoms with Crippen molar-refractivity contribution < 1.29 is 50.9 Å². The molecule has 3 aliphatic rings. The first-order chi connectivity index (χ1) is 17.1. The van der Waals surface area contributed by atoms with E-state index in [1.807, 2.05) is 18.5 Å². The number of alkyl halides is 6. The van der Waals surface area contributed by atoms with E-state index in [0.29, 0.717) is 6.04 Å². The van der Waals surface area contributed by atoms with E-state index in [1.165, 1.54) is 57.3 Å². The van der Waals surface area contributed by atoms with Crippen LogP contribution in [0.1, 0.15) is 37.7 Å². The third kappa shape index (κ3) is 10.8. The average molecular weight is 544 g/mol. The zero-order chi connectivity index (χ0) is 27.9. The molecule has 1 aromatic heterocycles. The van der Waals surface area contributed by atoms with Crippen molar-refractivity contribution in [3.8, 4) is 0 Å². The highest BCUT2D eigenvalue weighted by atomic mass is 19.4. The summed E-state index contributed by atoms with van der Waals surface area (Å²) in [7, 11) is 2.22. The summed E-state index contributed by atoms with van der Waals surface area (Å²) >= 11 is 0. The minimum absolute atomic E-state index is 0.161. The Labute approximate surface area is 210 Å². The molecule has 1 aliphatic carbocycles. The van der Waals surface area contributed by atoms with Gasteiger partial charge in [-0.3, -0.25) is 9.88 Å². The molecule has 14 heteroatoms. The number of hydrogen-bond acceptors (Lipinski definition) is 6. The minimum atomic E-state index is -5.08. The largest absolute Gasteiger partial charge is 0.490 e. The fraction of sp³-hybridized carbons (Fsp3) is 0.696. The number of likely N-dealkylation sites (tertiary alicyclic amines) is 1. The van der Waals surface area contributed by atoms with Crippen molar-refractivity contribution in [3.63, 3.8) is 0 Å². The van der Waals surface area contributed by atoms with Crippen LogP contribution >= 0.6 is 0 Å². The van der Waals surface area contributed by atoms with E-state index in [2.05, 4.69) is 27.9 Å². The fourth-order valence-corrected chi connectivity index (χ4v) is 4.17. The second-order valence-electron chi connectivity index (χ2n) is 9.48. The Bertz CT molecular complexity index is 848. The third-order valence-corrected chi connectivity index (χ3v) is 6.43. The van der Waals surface area contributed by atoms with Gasteiger partial charge in [-0.15, -0.1) is 0 Å². The summed E-state index contributed by atoms with van der Waals surface area (Å²) in [5.74, 6) is -4.51. The summed E-state index contributed by atoms with van der Waals surface area (Å²) < 4.78 is 69.8. The predicted octanol–water partition coefficient (Wildman–Crippen LogP) is 3.81. The van der Waals surface area contributed by atoms with Crippen molar-refractivity contribution in [3.05, 3.63) is 30.1 Å². The molecule has 0 bridgehead atoms. The van der Waals surface area contributed by atoms with Crippen LogP contribution in [0.15, 0.2) is 24.5 Å². The highest BCUT2D eigenvalue weighted by Gasteiger charge is 2.44. The summed E-state index contributed by atoms with van der Waals surface area (Å²) in [6.07, 6.45) is 0.193. The Morgan fingerprint density at radius 1 is 1.11 bits per heavy atom. The van der Waals surface area contributed by atoms with E-state index in [0.717, 1.165) is 19.1 Å². The van der Waals surface area contributed by atoms with Gasteiger partial charge in [0.2, 0.25) is 0 Å². The molecule has 2 N–H and O–H groups in total. The van der Waals surface area contributed by atoms with Gasteiger partial charge in [0, 0.05) is 44.6 Å². The highest BCUT2D eigenvalue weighted by Crippen LogP contribution is 2.39. The summed E-state index contributed by atoms with van der Waals surface area (Å²) in [5, 5.41) is 14.2. The lowest BCUT2D eigenvalue weighted by Crippen LogP contribution is -2.45. The van der Waals surface area contributed by atoms with Gasteiger partial charge in [0.1, 0.15) is 0 Å². The zero-order valence-corrected chi connectivity index (χ0v) is 20.3. The molecule has 1 unspecified atom stereocenters. The zero-order valence-electron chi connectivity index (χ0n) is 20.3. The topological polar surface area (TPSA) is 103 Å². The van der Waals surface area contributed by atoms with Gasteiger partial charge in [0.05, 0.1) is 12.2 Å². The molecule has 210 valence electrons. The van der Waals surface area contributed by atoms with Crippen molar-refractivity contribution in [2.75, 3.05) is 33.3 Å². The fourth-order valence-electron chi connectivity index (χ4n) is 4.17. The monoisotopic (exact) mass is 543 g/mol. The van der Waals surface area contributed by atoms with Crippen LogP contribution < -0.4 is 0 Å². The molecule has 3 heterocycles. The van der Waals surface area contributed by atoms with E-state index >= 15 is 0 Å². The number of hydrogen-bond donors (Lipinski definition) is 2. The number of carboxylic acid groups (broad SMARTS) is 2. The van der Waals surface area contributed by atoms with Crippen molar-refractivity contribution in [2.45, 2.75) is 62.6 Å². The van der Waals surface area contributed by atoms with Gasteiger partial charge in [0.15, 0.2) is 0 Å². The molecule has 1 aromatic rings. The second-order valence-corrected chi connectivity index (χ2v) is 9.48.